The molecule has 0 heterocycles. The molecule has 5 heteroatoms. The lowest BCUT2D eigenvalue weighted by Gasteiger charge is -2.08. The smallest absolute Gasteiger partial charge is 0.245 e. The quantitative estimate of drug-likeness (QED) is 0.648. The van der Waals surface area contributed by atoms with Crippen molar-refractivity contribution in [2.45, 2.75) is 6.54 Å². The van der Waals surface area contributed by atoms with Gasteiger partial charge in [-0.05, 0) is 29.3 Å². The molecule has 0 aliphatic rings. The highest BCUT2D eigenvalue weighted by atomic mass is 35.5. The Kier molecular flexibility index (Phi) is 6.30. The zero-order valence-corrected chi connectivity index (χ0v) is 13.5. The lowest BCUT2D eigenvalue weighted by atomic mass is 10.0. The van der Waals surface area contributed by atoms with Crippen molar-refractivity contribution in [1.29, 1.82) is 5.26 Å². The van der Waals surface area contributed by atoms with Gasteiger partial charge in [-0.3, -0.25) is 9.59 Å². The number of nitrogens with one attached hydrogen (secondary N) is 1. The van der Waals surface area contributed by atoms with Gasteiger partial charge in [-0.25, -0.2) is 0 Å². The molecular formula is C19H15ClN2O2. The molecular weight excluding hydrogens is 324 g/mol. The van der Waals surface area contributed by atoms with Crippen molar-refractivity contribution >= 4 is 29.4 Å². The summed E-state index contributed by atoms with van der Waals surface area (Å²) in [4.78, 5) is 24.1. The second-order valence-corrected chi connectivity index (χ2v) is 5.49. The lowest BCUT2D eigenvalue weighted by Crippen LogP contribution is -2.33. The molecule has 120 valence electrons. The number of allylic oxidation sites excluding steroid dienone is 1. The predicted molar refractivity (Wildman–Crippen MR) is 92.9 cm³/mol. The third kappa shape index (κ3) is 5.08. The fourth-order valence-corrected chi connectivity index (χ4v) is 2.22. The number of hydrogen-bond donors (Lipinski definition) is 1. The Balaban J connectivity index is 1.98. The third-order valence-electron chi connectivity index (χ3n) is 3.27. The Hall–Kier alpha value is -2.90. The van der Waals surface area contributed by atoms with Gasteiger partial charge in [-0.15, -0.1) is 0 Å². The molecule has 24 heavy (non-hydrogen) atoms. The molecule has 0 bridgehead atoms. The van der Waals surface area contributed by atoms with Crippen molar-refractivity contribution < 1.29 is 9.59 Å². The topological polar surface area (TPSA) is 70.0 Å². The molecule has 0 aromatic heterocycles. The zero-order valence-electron chi connectivity index (χ0n) is 12.8. The van der Waals surface area contributed by atoms with E-state index in [0.29, 0.717) is 5.02 Å². The van der Waals surface area contributed by atoms with Gasteiger partial charge in [0.25, 0.3) is 0 Å². The van der Waals surface area contributed by atoms with Crippen LogP contribution in [0.5, 0.6) is 0 Å². The van der Waals surface area contributed by atoms with Gasteiger partial charge in [-0.1, -0.05) is 60.1 Å². The average molecular weight is 339 g/mol. The molecule has 0 spiro atoms. The van der Waals surface area contributed by atoms with Gasteiger partial charge < -0.3 is 5.32 Å². The van der Waals surface area contributed by atoms with E-state index < -0.39 is 17.6 Å². The van der Waals surface area contributed by atoms with Crippen LogP contribution in [0.1, 0.15) is 11.1 Å². The Morgan fingerprint density at radius 3 is 2.58 bits per heavy atom. The summed E-state index contributed by atoms with van der Waals surface area (Å²) < 4.78 is 0. The van der Waals surface area contributed by atoms with Crippen LogP contribution in [0.3, 0.4) is 0 Å². The van der Waals surface area contributed by atoms with E-state index in [0.717, 1.165) is 11.1 Å². The van der Waals surface area contributed by atoms with Crippen LogP contribution in [0.25, 0.3) is 6.08 Å². The van der Waals surface area contributed by atoms with Crippen molar-refractivity contribution in [3.8, 4) is 6.07 Å². The monoisotopic (exact) mass is 338 g/mol. The summed E-state index contributed by atoms with van der Waals surface area (Å²) in [5.41, 5.74) is 1.61. The molecule has 0 saturated carbocycles. The lowest BCUT2D eigenvalue weighted by molar-refractivity contribution is -0.129. The van der Waals surface area contributed by atoms with E-state index in [9.17, 15) is 9.59 Å². The normalized spacial score (nSPS) is 11.7. The maximum atomic E-state index is 12.1. The van der Waals surface area contributed by atoms with Crippen LogP contribution in [0, 0.1) is 17.2 Å². The molecule has 0 fully saturated rings. The second-order valence-electron chi connectivity index (χ2n) is 5.06. The highest BCUT2D eigenvalue weighted by molar-refractivity contribution is 6.30. The van der Waals surface area contributed by atoms with Crippen molar-refractivity contribution in [3.63, 3.8) is 0 Å². The Bertz CT molecular complexity index is 795. The summed E-state index contributed by atoms with van der Waals surface area (Å²) in [6.45, 7) is 0.267. The molecule has 4 nitrogen and oxygen atoms in total. The van der Waals surface area contributed by atoms with Crippen LogP contribution >= 0.6 is 11.6 Å². The van der Waals surface area contributed by atoms with E-state index >= 15 is 0 Å². The number of carbonyl (C=O) groups excluding carboxylic acids is 2. The van der Waals surface area contributed by atoms with E-state index in [1.54, 1.807) is 30.3 Å². The predicted octanol–water partition coefficient (Wildman–Crippen LogP) is 3.38. The minimum atomic E-state index is -1.37. The molecule has 2 aromatic carbocycles. The zero-order chi connectivity index (χ0) is 17.4. The summed E-state index contributed by atoms with van der Waals surface area (Å²) in [5.74, 6) is -2.55. The molecule has 0 aliphatic heterocycles. The molecule has 0 radical (unpaired) electrons. The average Bonchev–Trinajstić information content (AvgIpc) is 2.60. The summed E-state index contributed by atoms with van der Waals surface area (Å²) in [6.07, 6.45) is 2.75. The van der Waals surface area contributed by atoms with Gasteiger partial charge in [-0.2, -0.15) is 5.26 Å². The SMILES string of the molecule is N#C[C@@H](C(=O)/C=C/c1cccc(Cl)c1)C(=O)NCc1ccccc1. The maximum absolute atomic E-state index is 12.1. The first-order chi connectivity index (χ1) is 11.6. The van der Waals surface area contributed by atoms with Gasteiger partial charge in [0.05, 0.1) is 6.07 Å². The van der Waals surface area contributed by atoms with Crippen molar-refractivity contribution in [2.24, 2.45) is 5.92 Å². The number of halogens is 1. The van der Waals surface area contributed by atoms with Crippen LogP contribution in [0.15, 0.2) is 60.7 Å². The Labute approximate surface area is 145 Å². The first kappa shape index (κ1) is 17.5. The van der Waals surface area contributed by atoms with E-state index in [2.05, 4.69) is 5.32 Å². The van der Waals surface area contributed by atoms with Gasteiger partial charge in [0.15, 0.2) is 11.7 Å². The van der Waals surface area contributed by atoms with Gasteiger partial charge in [0.1, 0.15) is 0 Å². The highest BCUT2D eigenvalue weighted by Crippen LogP contribution is 2.12. The summed E-state index contributed by atoms with van der Waals surface area (Å²) in [6, 6.07) is 17.9. The number of benzene rings is 2. The molecule has 1 amide bonds. The number of ketones is 1. The number of nitrogens with zero attached hydrogens (tertiary/aromatic N) is 1. The number of nitriles is 1. The van der Waals surface area contributed by atoms with Crippen LogP contribution in [-0.2, 0) is 16.1 Å². The number of rotatable bonds is 6. The molecule has 0 saturated heterocycles. The minimum absolute atomic E-state index is 0.267. The summed E-state index contributed by atoms with van der Waals surface area (Å²) in [7, 11) is 0. The van der Waals surface area contributed by atoms with Gasteiger partial charge in [0, 0.05) is 11.6 Å². The van der Waals surface area contributed by atoms with Crippen LogP contribution in [0.4, 0.5) is 0 Å². The first-order valence-corrected chi connectivity index (χ1v) is 7.66. The fourth-order valence-electron chi connectivity index (χ4n) is 2.02. The molecule has 0 aliphatic carbocycles. The van der Waals surface area contributed by atoms with Crippen LogP contribution in [-0.4, -0.2) is 11.7 Å². The van der Waals surface area contributed by atoms with E-state index in [-0.39, 0.29) is 6.54 Å². The molecule has 0 unspecified atom stereocenters. The Morgan fingerprint density at radius 2 is 1.92 bits per heavy atom. The molecule has 1 atom stereocenters. The van der Waals surface area contributed by atoms with E-state index in [1.807, 2.05) is 30.3 Å². The first-order valence-electron chi connectivity index (χ1n) is 7.29. The number of amides is 1. The maximum Gasteiger partial charge on any atom is 0.245 e. The number of hydrogen-bond acceptors (Lipinski definition) is 3. The van der Waals surface area contributed by atoms with Gasteiger partial charge in [0.2, 0.25) is 5.91 Å². The molecule has 1 N–H and O–H groups in total. The second kappa shape index (κ2) is 8.66. The van der Waals surface area contributed by atoms with Crippen molar-refractivity contribution in [3.05, 3.63) is 76.8 Å². The summed E-state index contributed by atoms with van der Waals surface area (Å²) >= 11 is 5.86. The third-order valence-corrected chi connectivity index (χ3v) is 3.51. The van der Waals surface area contributed by atoms with Crippen molar-refractivity contribution in [2.75, 3.05) is 0 Å². The highest BCUT2D eigenvalue weighted by Gasteiger charge is 2.23. The van der Waals surface area contributed by atoms with Crippen molar-refractivity contribution in [1.82, 2.24) is 5.32 Å². The molecule has 2 aromatic rings. The van der Waals surface area contributed by atoms with E-state index in [1.165, 1.54) is 12.2 Å². The van der Waals surface area contributed by atoms with Gasteiger partial charge >= 0.3 is 0 Å². The molecule has 2 rings (SSSR count). The number of carbonyl (C=O) groups is 2. The standard InChI is InChI=1S/C19H15ClN2O2/c20-16-8-4-7-14(11-16)9-10-18(23)17(12-21)19(24)22-13-15-5-2-1-3-6-15/h1-11,17H,13H2,(H,22,24)/b10-9+/t17-/m0/s1. The largest absolute Gasteiger partial charge is 0.350 e. The van der Waals surface area contributed by atoms with Crippen LogP contribution in [0.2, 0.25) is 5.02 Å². The fraction of sp³-hybridized carbons (Fsp3) is 0.105. The van der Waals surface area contributed by atoms with Crippen LogP contribution < -0.4 is 5.32 Å². The minimum Gasteiger partial charge on any atom is -0.350 e. The summed E-state index contributed by atoms with van der Waals surface area (Å²) in [5, 5.41) is 12.3. The van der Waals surface area contributed by atoms with E-state index in [4.69, 9.17) is 16.9 Å². The Morgan fingerprint density at radius 1 is 1.17 bits per heavy atom.